The molecule has 0 bridgehead atoms. The Morgan fingerprint density at radius 3 is 1.45 bits per heavy atom. The first-order valence-electron chi connectivity index (χ1n) is 4.01. The molecule has 0 aromatic heterocycles. The second-order valence-electron chi connectivity index (χ2n) is 4.45. The maximum Gasteiger partial charge on any atom is 1.00 e. The van der Waals surface area contributed by atoms with Crippen molar-refractivity contribution in [3.05, 3.63) is 5.32 Å². The molecule has 0 fully saturated rings. The van der Waals surface area contributed by atoms with Gasteiger partial charge in [0.25, 0.3) is 0 Å². The Balaban J connectivity index is 0. The smallest absolute Gasteiger partial charge is 0.652 e. The third kappa shape index (κ3) is 8.46. The first-order chi connectivity index (χ1) is 4.27. The van der Waals surface area contributed by atoms with Gasteiger partial charge in [-0.3, -0.25) is 0 Å². The van der Waals surface area contributed by atoms with Gasteiger partial charge in [-0.2, -0.15) is 0 Å². The fraction of sp³-hybridized carbons (Fsp3) is 1.00. The van der Waals surface area contributed by atoms with Crippen molar-refractivity contribution < 1.29 is 18.9 Å². The van der Waals surface area contributed by atoms with E-state index >= 15 is 0 Å². The fourth-order valence-electron chi connectivity index (χ4n) is 0.987. The quantitative estimate of drug-likeness (QED) is 0.503. The monoisotopic (exact) mass is 149 g/mol. The van der Waals surface area contributed by atoms with Crippen molar-refractivity contribution >= 4 is 0 Å². The van der Waals surface area contributed by atoms with E-state index in [2.05, 4.69) is 46.9 Å². The molecule has 0 aliphatic heterocycles. The fourth-order valence-corrected chi connectivity index (χ4v) is 0.987. The Morgan fingerprint density at radius 1 is 1.00 bits per heavy atom. The summed E-state index contributed by atoms with van der Waals surface area (Å²) in [4.78, 5) is 0. The average Bonchev–Trinajstić information content (AvgIpc) is 1.60. The van der Waals surface area contributed by atoms with Crippen molar-refractivity contribution in [2.45, 2.75) is 59.0 Å². The summed E-state index contributed by atoms with van der Waals surface area (Å²) in [7, 11) is 0. The van der Waals surface area contributed by atoms with E-state index in [1.54, 1.807) is 0 Å². The van der Waals surface area contributed by atoms with Crippen LogP contribution in [0, 0.1) is 0 Å². The summed E-state index contributed by atoms with van der Waals surface area (Å²) in [5.74, 6) is 0. The van der Waals surface area contributed by atoms with Gasteiger partial charge in [-0.25, -0.2) is 0 Å². The van der Waals surface area contributed by atoms with Gasteiger partial charge >= 0.3 is 18.9 Å². The molecule has 0 amide bonds. The molecule has 0 aromatic rings. The molecule has 0 aromatic carbocycles. The summed E-state index contributed by atoms with van der Waals surface area (Å²) in [6.45, 7) is 13.0. The zero-order valence-corrected chi connectivity index (χ0v) is 9.15. The van der Waals surface area contributed by atoms with Crippen LogP contribution in [-0.2, 0) is 0 Å². The van der Waals surface area contributed by atoms with Crippen molar-refractivity contribution in [3.63, 3.8) is 0 Å². The normalized spacial score (nSPS) is 12.5. The van der Waals surface area contributed by atoms with Crippen LogP contribution in [0.1, 0.15) is 48.0 Å². The molecule has 0 rings (SSSR count). The van der Waals surface area contributed by atoms with Crippen molar-refractivity contribution in [2.24, 2.45) is 0 Å². The standard InChI is InChI=1S/C9H20N.Li/c1-7-9(5,6)10-8(2,3)4;/h7H2,1-6H3;/q-1;+1. The van der Waals surface area contributed by atoms with Gasteiger partial charge in [0.2, 0.25) is 0 Å². The minimum Gasteiger partial charge on any atom is -0.652 e. The Labute approximate surface area is 83.5 Å². The Bertz CT molecular complexity index is 103. The first-order valence-corrected chi connectivity index (χ1v) is 4.01. The zero-order valence-electron chi connectivity index (χ0n) is 9.15. The minimum atomic E-state index is 0. The zero-order chi connectivity index (χ0) is 8.41. The number of nitrogens with zero attached hydrogens (tertiary/aromatic N) is 1. The summed E-state index contributed by atoms with van der Waals surface area (Å²) in [6, 6.07) is 0. The van der Waals surface area contributed by atoms with Crippen LogP contribution >= 0.6 is 0 Å². The largest absolute Gasteiger partial charge is 1.00 e. The van der Waals surface area contributed by atoms with Crippen molar-refractivity contribution in [1.29, 1.82) is 0 Å². The van der Waals surface area contributed by atoms with Crippen molar-refractivity contribution in [3.8, 4) is 0 Å². The van der Waals surface area contributed by atoms with Crippen LogP contribution in [0.5, 0.6) is 0 Å². The van der Waals surface area contributed by atoms with Gasteiger partial charge in [0.05, 0.1) is 0 Å². The van der Waals surface area contributed by atoms with E-state index in [1.807, 2.05) is 0 Å². The molecule has 0 radical (unpaired) electrons. The predicted molar refractivity (Wildman–Crippen MR) is 47.5 cm³/mol. The number of rotatable bonds is 2. The molecule has 0 atom stereocenters. The molecule has 0 aliphatic carbocycles. The second kappa shape index (κ2) is 4.55. The van der Waals surface area contributed by atoms with Crippen LogP contribution in [0.15, 0.2) is 0 Å². The van der Waals surface area contributed by atoms with E-state index in [0.717, 1.165) is 6.42 Å². The third-order valence-corrected chi connectivity index (χ3v) is 1.50. The molecular formula is C9H20LiN. The third-order valence-electron chi connectivity index (χ3n) is 1.50. The Hall–Kier alpha value is 0.557. The summed E-state index contributed by atoms with van der Waals surface area (Å²) in [5.41, 5.74) is 0.262. The van der Waals surface area contributed by atoms with E-state index in [9.17, 15) is 0 Å². The van der Waals surface area contributed by atoms with Crippen molar-refractivity contribution in [1.82, 2.24) is 0 Å². The molecule has 0 spiro atoms. The van der Waals surface area contributed by atoms with Gasteiger partial charge in [-0.15, -0.1) is 11.1 Å². The van der Waals surface area contributed by atoms with Crippen molar-refractivity contribution in [2.75, 3.05) is 0 Å². The average molecular weight is 149 g/mol. The van der Waals surface area contributed by atoms with Crippen LogP contribution in [0.4, 0.5) is 0 Å². The Morgan fingerprint density at radius 2 is 1.36 bits per heavy atom. The molecule has 0 unspecified atom stereocenters. The number of hydrogen-bond donors (Lipinski definition) is 0. The SMILES string of the molecule is CCC(C)(C)[N-]C(C)(C)C.[Li+]. The topological polar surface area (TPSA) is 14.1 Å². The van der Waals surface area contributed by atoms with Gasteiger partial charge in [0.15, 0.2) is 0 Å². The summed E-state index contributed by atoms with van der Waals surface area (Å²) >= 11 is 0. The van der Waals surface area contributed by atoms with Crippen LogP contribution in [0.2, 0.25) is 0 Å². The molecular weight excluding hydrogens is 129 g/mol. The maximum absolute atomic E-state index is 4.66. The van der Waals surface area contributed by atoms with E-state index < -0.39 is 0 Å². The summed E-state index contributed by atoms with van der Waals surface area (Å²) in [6.07, 6.45) is 1.12. The molecule has 2 heteroatoms. The van der Waals surface area contributed by atoms with Crippen LogP contribution < -0.4 is 18.9 Å². The van der Waals surface area contributed by atoms with E-state index in [1.165, 1.54) is 0 Å². The summed E-state index contributed by atoms with van der Waals surface area (Å²) in [5, 5.41) is 4.66. The molecule has 0 saturated heterocycles. The molecule has 0 N–H and O–H groups in total. The summed E-state index contributed by atoms with van der Waals surface area (Å²) < 4.78 is 0. The molecule has 0 saturated carbocycles. The molecule has 0 aliphatic rings. The van der Waals surface area contributed by atoms with Crippen LogP contribution in [-0.4, -0.2) is 11.1 Å². The van der Waals surface area contributed by atoms with Gasteiger partial charge in [-0.05, 0) is 0 Å². The van der Waals surface area contributed by atoms with Gasteiger partial charge < -0.3 is 5.32 Å². The molecule has 0 heterocycles. The molecule has 11 heavy (non-hydrogen) atoms. The van der Waals surface area contributed by atoms with Crippen LogP contribution in [0.3, 0.4) is 0 Å². The number of hydrogen-bond acceptors (Lipinski definition) is 0. The Kier molecular flexibility index (Phi) is 5.83. The van der Waals surface area contributed by atoms with Gasteiger partial charge in [-0.1, -0.05) is 48.0 Å². The molecule has 62 valence electrons. The molecule has 1 nitrogen and oxygen atoms in total. The maximum atomic E-state index is 4.66. The van der Waals surface area contributed by atoms with Crippen LogP contribution in [0.25, 0.3) is 5.32 Å². The first kappa shape index (κ1) is 14.1. The predicted octanol–water partition coefficient (Wildman–Crippen LogP) is 0.351. The van der Waals surface area contributed by atoms with Gasteiger partial charge in [0.1, 0.15) is 0 Å². The van der Waals surface area contributed by atoms with Gasteiger partial charge in [0, 0.05) is 0 Å². The van der Waals surface area contributed by atoms with E-state index in [-0.39, 0.29) is 29.9 Å². The minimum absolute atomic E-state index is 0. The second-order valence-corrected chi connectivity index (χ2v) is 4.45. The van der Waals surface area contributed by atoms with E-state index in [0.29, 0.717) is 0 Å². The van der Waals surface area contributed by atoms with E-state index in [4.69, 9.17) is 0 Å².